The van der Waals surface area contributed by atoms with Crippen LogP contribution in [0.2, 0.25) is 0 Å². The van der Waals surface area contributed by atoms with E-state index in [0.29, 0.717) is 11.3 Å². The molecule has 0 aromatic heterocycles. The standard InChI is InChI=1S/C18H18BrFN2O3/c1-12(25-15-7-4-6-14(19)11-15)18(24)22-21-17(23)10-9-13-5-2-3-8-16(13)20/h2-8,11-12H,9-10H2,1H3,(H,21,23)(H,22,24)/t12-/m0/s1. The zero-order valence-electron chi connectivity index (χ0n) is 13.6. The number of carbonyl (C=O) groups excluding carboxylic acids is 2. The Bertz CT molecular complexity index is 755. The summed E-state index contributed by atoms with van der Waals surface area (Å²) in [5.41, 5.74) is 5.05. The monoisotopic (exact) mass is 408 g/mol. The van der Waals surface area contributed by atoms with Gasteiger partial charge in [0.25, 0.3) is 5.91 Å². The highest BCUT2D eigenvalue weighted by molar-refractivity contribution is 9.10. The first kappa shape index (κ1) is 18.9. The van der Waals surface area contributed by atoms with E-state index in [-0.39, 0.29) is 18.7 Å². The maximum Gasteiger partial charge on any atom is 0.279 e. The van der Waals surface area contributed by atoms with Gasteiger partial charge in [0, 0.05) is 10.9 Å². The first-order chi connectivity index (χ1) is 12.0. The predicted molar refractivity (Wildman–Crippen MR) is 95.2 cm³/mol. The molecule has 25 heavy (non-hydrogen) atoms. The fourth-order valence-electron chi connectivity index (χ4n) is 2.04. The molecule has 2 aromatic rings. The van der Waals surface area contributed by atoms with E-state index in [1.165, 1.54) is 6.07 Å². The van der Waals surface area contributed by atoms with E-state index in [0.717, 1.165) is 4.47 Å². The Labute approximate surface area is 153 Å². The van der Waals surface area contributed by atoms with Crippen LogP contribution >= 0.6 is 15.9 Å². The normalized spacial score (nSPS) is 11.5. The fraction of sp³-hybridized carbons (Fsp3) is 0.222. The molecule has 132 valence electrons. The number of hydrogen-bond acceptors (Lipinski definition) is 3. The molecule has 0 aliphatic carbocycles. The van der Waals surface area contributed by atoms with Gasteiger partial charge in [-0.05, 0) is 43.2 Å². The van der Waals surface area contributed by atoms with Crippen LogP contribution in [-0.4, -0.2) is 17.9 Å². The zero-order chi connectivity index (χ0) is 18.2. The lowest BCUT2D eigenvalue weighted by Crippen LogP contribution is -2.47. The Morgan fingerprint density at radius 3 is 2.64 bits per heavy atom. The largest absolute Gasteiger partial charge is 0.481 e. The zero-order valence-corrected chi connectivity index (χ0v) is 15.2. The van der Waals surface area contributed by atoms with Crippen LogP contribution in [0.25, 0.3) is 0 Å². The summed E-state index contributed by atoms with van der Waals surface area (Å²) < 4.78 is 19.8. The van der Waals surface area contributed by atoms with Gasteiger partial charge < -0.3 is 4.74 Å². The molecule has 2 aromatic carbocycles. The summed E-state index contributed by atoms with van der Waals surface area (Å²) in [5, 5.41) is 0. The number of aryl methyl sites for hydroxylation is 1. The van der Waals surface area contributed by atoms with Crippen LogP contribution in [0.3, 0.4) is 0 Å². The van der Waals surface area contributed by atoms with Crippen molar-refractivity contribution in [2.24, 2.45) is 0 Å². The van der Waals surface area contributed by atoms with Crippen LogP contribution in [0.5, 0.6) is 5.75 Å². The highest BCUT2D eigenvalue weighted by atomic mass is 79.9. The van der Waals surface area contributed by atoms with Crippen molar-refractivity contribution in [1.29, 1.82) is 0 Å². The van der Waals surface area contributed by atoms with Crippen molar-refractivity contribution in [2.75, 3.05) is 0 Å². The molecule has 5 nitrogen and oxygen atoms in total. The third kappa shape index (κ3) is 6.19. The topological polar surface area (TPSA) is 67.4 Å². The second kappa shape index (κ2) is 9.17. The third-order valence-corrected chi connectivity index (χ3v) is 3.88. The van der Waals surface area contributed by atoms with Crippen molar-refractivity contribution in [2.45, 2.75) is 25.9 Å². The summed E-state index contributed by atoms with van der Waals surface area (Å²) in [6.07, 6.45) is -0.484. The number of ether oxygens (including phenoxy) is 1. The molecule has 0 aliphatic rings. The lowest BCUT2D eigenvalue weighted by atomic mass is 10.1. The second-order valence-electron chi connectivity index (χ2n) is 5.35. The molecule has 0 heterocycles. The molecule has 0 radical (unpaired) electrons. The van der Waals surface area contributed by atoms with E-state index in [1.54, 1.807) is 43.3 Å². The van der Waals surface area contributed by atoms with E-state index in [4.69, 9.17) is 4.74 Å². The molecule has 0 unspecified atom stereocenters. The van der Waals surface area contributed by atoms with Crippen molar-refractivity contribution in [1.82, 2.24) is 10.9 Å². The molecule has 2 N–H and O–H groups in total. The van der Waals surface area contributed by atoms with Crippen molar-refractivity contribution in [3.63, 3.8) is 0 Å². The van der Waals surface area contributed by atoms with Crippen LogP contribution in [-0.2, 0) is 16.0 Å². The van der Waals surface area contributed by atoms with E-state index < -0.39 is 17.9 Å². The summed E-state index contributed by atoms with van der Waals surface area (Å²) in [5.74, 6) is -0.719. The first-order valence-electron chi connectivity index (χ1n) is 7.70. The van der Waals surface area contributed by atoms with Crippen molar-refractivity contribution in [3.05, 3.63) is 64.4 Å². The molecular weight excluding hydrogens is 391 g/mol. The average Bonchev–Trinajstić information content (AvgIpc) is 2.59. The Morgan fingerprint density at radius 1 is 1.16 bits per heavy atom. The quantitative estimate of drug-likeness (QED) is 0.721. The number of rotatable bonds is 6. The Balaban J connectivity index is 1.75. The van der Waals surface area contributed by atoms with Crippen LogP contribution in [0, 0.1) is 5.82 Å². The number of carbonyl (C=O) groups is 2. The minimum atomic E-state index is -0.791. The van der Waals surface area contributed by atoms with Gasteiger partial charge in [0.2, 0.25) is 5.91 Å². The van der Waals surface area contributed by atoms with Gasteiger partial charge in [-0.3, -0.25) is 20.4 Å². The molecule has 0 aliphatic heterocycles. The molecular formula is C18H18BrFN2O3. The lowest BCUT2D eigenvalue weighted by molar-refractivity contribution is -0.132. The number of nitrogens with one attached hydrogen (secondary N) is 2. The highest BCUT2D eigenvalue weighted by Crippen LogP contribution is 2.18. The fourth-order valence-corrected chi connectivity index (χ4v) is 2.42. The third-order valence-electron chi connectivity index (χ3n) is 3.38. The van der Waals surface area contributed by atoms with Crippen molar-refractivity contribution >= 4 is 27.7 Å². The number of benzene rings is 2. The molecule has 2 amide bonds. The average molecular weight is 409 g/mol. The first-order valence-corrected chi connectivity index (χ1v) is 8.49. The van der Waals surface area contributed by atoms with Crippen LogP contribution < -0.4 is 15.6 Å². The van der Waals surface area contributed by atoms with E-state index in [9.17, 15) is 14.0 Å². The summed E-state index contributed by atoms with van der Waals surface area (Å²) in [7, 11) is 0. The number of hydrogen-bond donors (Lipinski definition) is 2. The maximum atomic E-state index is 13.5. The molecule has 0 fully saturated rings. The number of amides is 2. The molecule has 0 saturated carbocycles. The molecule has 1 atom stereocenters. The van der Waals surface area contributed by atoms with Gasteiger partial charge in [0.1, 0.15) is 11.6 Å². The highest BCUT2D eigenvalue weighted by Gasteiger charge is 2.15. The SMILES string of the molecule is C[C@H](Oc1cccc(Br)c1)C(=O)NNC(=O)CCc1ccccc1F. The van der Waals surface area contributed by atoms with Crippen LogP contribution in [0.1, 0.15) is 18.9 Å². The van der Waals surface area contributed by atoms with Gasteiger partial charge in [-0.25, -0.2) is 4.39 Å². The smallest absolute Gasteiger partial charge is 0.279 e. The molecule has 7 heteroatoms. The summed E-state index contributed by atoms with van der Waals surface area (Å²) >= 11 is 3.32. The predicted octanol–water partition coefficient (Wildman–Crippen LogP) is 3.14. The molecule has 0 bridgehead atoms. The van der Waals surface area contributed by atoms with Crippen molar-refractivity contribution < 1.29 is 18.7 Å². The van der Waals surface area contributed by atoms with E-state index in [1.807, 2.05) is 6.07 Å². The molecule has 2 rings (SSSR count). The molecule has 0 spiro atoms. The van der Waals surface area contributed by atoms with E-state index >= 15 is 0 Å². The van der Waals surface area contributed by atoms with Gasteiger partial charge in [-0.1, -0.05) is 40.2 Å². The van der Waals surface area contributed by atoms with Gasteiger partial charge >= 0.3 is 0 Å². The number of halogens is 2. The van der Waals surface area contributed by atoms with Crippen molar-refractivity contribution in [3.8, 4) is 5.75 Å². The summed E-state index contributed by atoms with van der Waals surface area (Å²) in [4.78, 5) is 23.7. The van der Waals surface area contributed by atoms with Crippen LogP contribution in [0.15, 0.2) is 53.0 Å². The lowest BCUT2D eigenvalue weighted by Gasteiger charge is -2.15. The second-order valence-corrected chi connectivity index (χ2v) is 6.26. The van der Waals surface area contributed by atoms with Gasteiger partial charge in [-0.2, -0.15) is 0 Å². The van der Waals surface area contributed by atoms with Gasteiger partial charge in [0.05, 0.1) is 0 Å². The summed E-state index contributed by atoms with van der Waals surface area (Å²) in [6, 6.07) is 13.3. The Morgan fingerprint density at radius 2 is 1.92 bits per heavy atom. The number of hydrazine groups is 1. The Hall–Kier alpha value is -2.41. The van der Waals surface area contributed by atoms with Gasteiger partial charge in [-0.15, -0.1) is 0 Å². The summed E-state index contributed by atoms with van der Waals surface area (Å²) in [6.45, 7) is 1.57. The Kier molecular flexibility index (Phi) is 6.94. The minimum absolute atomic E-state index is 0.0576. The minimum Gasteiger partial charge on any atom is -0.481 e. The maximum absolute atomic E-state index is 13.5. The molecule has 0 saturated heterocycles. The van der Waals surface area contributed by atoms with Crippen LogP contribution in [0.4, 0.5) is 4.39 Å². The van der Waals surface area contributed by atoms with E-state index in [2.05, 4.69) is 26.8 Å². The van der Waals surface area contributed by atoms with Gasteiger partial charge in [0.15, 0.2) is 6.10 Å².